The van der Waals surface area contributed by atoms with E-state index in [2.05, 4.69) is 9.64 Å². The molecule has 4 nitrogen and oxygen atoms in total. The monoisotopic (exact) mass is 200 g/mol. The van der Waals surface area contributed by atoms with Crippen molar-refractivity contribution in [1.82, 2.24) is 4.90 Å². The Balaban J connectivity index is 2.56. The minimum absolute atomic E-state index is 0.206. The van der Waals surface area contributed by atoms with Gasteiger partial charge in [-0.1, -0.05) is 6.42 Å². The number of carbonyl (C=O) groups is 1. The largest absolute Gasteiger partial charge is 0.469 e. The van der Waals surface area contributed by atoms with Crippen molar-refractivity contribution in [3.05, 3.63) is 0 Å². The second kappa shape index (κ2) is 4.75. The number of rotatable bonds is 2. The van der Waals surface area contributed by atoms with Gasteiger partial charge in [0, 0.05) is 12.1 Å². The Morgan fingerprint density at radius 1 is 1.57 bits per heavy atom. The van der Waals surface area contributed by atoms with E-state index in [0.717, 1.165) is 32.4 Å². The van der Waals surface area contributed by atoms with Crippen molar-refractivity contribution in [3.8, 4) is 0 Å². The van der Waals surface area contributed by atoms with Crippen LogP contribution in [0.1, 0.15) is 25.7 Å². The molecule has 1 atom stereocenters. The third-order valence-electron chi connectivity index (χ3n) is 2.77. The summed E-state index contributed by atoms with van der Waals surface area (Å²) in [6, 6.07) is 0. The van der Waals surface area contributed by atoms with Crippen molar-refractivity contribution in [1.29, 1.82) is 0 Å². The van der Waals surface area contributed by atoms with Crippen molar-refractivity contribution in [2.45, 2.75) is 31.2 Å². The average Bonchev–Trinajstić information content (AvgIpc) is 2.26. The summed E-state index contributed by atoms with van der Waals surface area (Å²) < 4.78 is 4.66. The summed E-state index contributed by atoms with van der Waals surface area (Å²) in [5.41, 5.74) is 5.79. The molecule has 1 saturated heterocycles. The Morgan fingerprint density at radius 3 is 2.93 bits per heavy atom. The third-order valence-corrected chi connectivity index (χ3v) is 2.77. The lowest BCUT2D eigenvalue weighted by Gasteiger charge is -2.29. The molecule has 1 aliphatic heterocycles. The molecular weight excluding hydrogens is 180 g/mol. The molecule has 4 heteroatoms. The van der Waals surface area contributed by atoms with Crippen molar-refractivity contribution < 1.29 is 9.53 Å². The molecule has 0 aliphatic carbocycles. The van der Waals surface area contributed by atoms with Crippen LogP contribution in [0, 0.1) is 0 Å². The van der Waals surface area contributed by atoms with E-state index in [4.69, 9.17) is 5.73 Å². The van der Waals surface area contributed by atoms with Crippen LogP contribution in [-0.2, 0) is 9.53 Å². The van der Waals surface area contributed by atoms with Gasteiger partial charge in [0.25, 0.3) is 0 Å². The normalized spacial score (nSPS) is 29.6. The Hall–Kier alpha value is -0.610. The van der Waals surface area contributed by atoms with Crippen molar-refractivity contribution >= 4 is 5.97 Å². The molecule has 0 bridgehead atoms. The number of carbonyl (C=O) groups excluding carboxylic acids is 1. The van der Waals surface area contributed by atoms with Crippen LogP contribution in [0.3, 0.4) is 0 Å². The number of hydrogen-bond acceptors (Lipinski definition) is 4. The van der Waals surface area contributed by atoms with Gasteiger partial charge < -0.3 is 15.4 Å². The number of methoxy groups -OCH3 is 1. The summed E-state index contributed by atoms with van der Waals surface area (Å²) in [4.78, 5) is 13.4. The first-order valence-corrected chi connectivity index (χ1v) is 5.10. The highest BCUT2D eigenvalue weighted by Crippen LogP contribution is 2.21. The van der Waals surface area contributed by atoms with E-state index >= 15 is 0 Å². The van der Waals surface area contributed by atoms with Crippen molar-refractivity contribution in [2.24, 2.45) is 5.73 Å². The van der Waals surface area contributed by atoms with Gasteiger partial charge in [0.05, 0.1) is 13.5 Å². The van der Waals surface area contributed by atoms with E-state index in [1.165, 1.54) is 7.11 Å². The molecule has 0 aromatic carbocycles. The first-order valence-electron chi connectivity index (χ1n) is 5.10. The number of nitrogens with two attached hydrogens (primary N) is 1. The maximum absolute atomic E-state index is 11.2. The maximum atomic E-state index is 11.2. The zero-order valence-electron chi connectivity index (χ0n) is 9.08. The van der Waals surface area contributed by atoms with Crippen LogP contribution in [-0.4, -0.2) is 43.7 Å². The SMILES string of the molecule is COC(=O)CC1(N)CCCCN(C)C1. The molecule has 1 rings (SSSR count). The first kappa shape index (κ1) is 11.5. The second-order valence-corrected chi connectivity index (χ2v) is 4.31. The van der Waals surface area contributed by atoms with Crippen LogP contribution >= 0.6 is 0 Å². The predicted octanol–water partition coefficient (Wildman–Crippen LogP) is 0.363. The van der Waals surface area contributed by atoms with Crippen LogP contribution in [0.4, 0.5) is 0 Å². The molecule has 0 aromatic heterocycles. The molecule has 1 heterocycles. The summed E-state index contributed by atoms with van der Waals surface area (Å²) in [5.74, 6) is -0.206. The molecule has 0 spiro atoms. The van der Waals surface area contributed by atoms with Gasteiger partial charge in [-0.25, -0.2) is 0 Å². The van der Waals surface area contributed by atoms with Gasteiger partial charge in [-0.3, -0.25) is 4.79 Å². The quantitative estimate of drug-likeness (QED) is 0.654. The minimum atomic E-state index is -0.391. The fourth-order valence-corrected chi connectivity index (χ4v) is 2.06. The van der Waals surface area contributed by atoms with Gasteiger partial charge in [-0.15, -0.1) is 0 Å². The van der Waals surface area contributed by atoms with Crippen LogP contribution < -0.4 is 5.73 Å². The zero-order chi connectivity index (χ0) is 10.6. The molecule has 0 radical (unpaired) electrons. The Labute approximate surface area is 85.4 Å². The zero-order valence-corrected chi connectivity index (χ0v) is 9.08. The topological polar surface area (TPSA) is 55.6 Å². The molecular formula is C10H20N2O2. The summed E-state index contributed by atoms with van der Waals surface area (Å²) in [6.07, 6.45) is 3.49. The fourth-order valence-electron chi connectivity index (χ4n) is 2.06. The molecule has 1 fully saturated rings. The summed E-state index contributed by atoms with van der Waals surface area (Å²) >= 11 is 0. The molecule has 0 aromatic rings. The molecule has 82 valence electrons. The van der Waals surface area contributed by atoms with Gasteiger partial charge >= 0.3 is 5.97 Å². The number of likely N-dealkylation sites (tertiary alicyclic amines) is 1. The minimum Gasteiger partial charge on any atom is -0.469 e. The van der Waals surface area contributed by atoms with Gasteiger partial charge in [-0.05, 0) is 26.4 Å². The van der Waals surface area contributed by atoms with Gasteiger partial charge in [0.15, 0.2) is 0 Å². The van der Waals surface area contributed by atoms with Crippen LogP contribution in [0.5, 0.6) is 0 Å². The predicted molar refractivity (Wildman–Crippen MR) is 54.9 cm³/mol. The highest BCUT2D eigenvalue weighted by Gasteiger charge is 2.31. The van der Waals surface area contributed by atoms with E-state index < -0.39 is 5.54 Å². The molecule has 1 unspecified atom stereocenters. The average molecular weight is 200 g/mol. The molecule has 0 amide bonds. The van der Waals surface area contributed by atoms with Crippen molar-refractivity contribution in [3.63, 3.8) is 0 Å². The lowest BCUT2D eigenvalue weighted by molar-refractivity contribution is -0.142. The maximum Gasteiger partial charge on any atom is 0.307 e. The van der Waals surface area contributed by atoms with E-state index in [1.54, 1.807) is 0 Å². The Bertz CT molecular complexity index is 208. The molecule has 14 heavy (non-hydrogen) atoms. The van der Waals surface area contributed by atoms with Crippen LogP contribution in [0.25, 0.3) is 0 Å². The fraction of sp³-hybridized carbons (Fsp3) is 0.900. The van der Waals surface area contributed by atoms with Gasteiger partial charge in [0.2, 0.25) is 0 Å². The van der Waals surface area contributed by atoms with E-state index in [1.807, 2.05) is 7.05 Å². The number of nitrogens with zero attached hydrogens (tertiary/aromatic N) is 1. The van der Waals surface area contributed by atoms with Crippen LogP contribution in [0.2, 0.25) is 0 Å². The molecule has 0 saturated carbocycles. The molecule has 1 aliphatic rings. The molecule has 2 N–H and O–H groups in total. The summed E-state index contributed by atoms with van der Waals surface area (Å²) in [5, 5.41) is 0. The second-order valence-electron chi connectivity index (χ2n) is 4.31. The lowest BCUT2D eigenvalue weighted by Crippen LogP contribution is -2.49. The van der Waals surface area contributed by atoms with Gasteiger partial charge in [0.1, 0.15) is 0 Å². The highest BCUT2D eigenvalue weighted by atomic mass is 16.5. The van der Waals surface area contributed by atoms with Gasteiger partial charge in [-0.2, -0.15) is 0 Å². The third kappa shape index (κ3) is 3.27. The van der Waals surface area contributed by atoms with E-state index in [9.17, 15) is 4.79 Å². The lowest BCUT2D eigenvalue weighted by atomic mass is 9.91. The number of ether oxygens (including phenoxy) is 1. The van der Waals surface area contributed by atoms with Crippen LogP contribution in [0.15, 0.2) is 0 Å². The number of likely N-dealkylation sites (N-methyl/N-ethyl adjacent to an activating group) is 1. The smallest absolute Gasteiger partial charge is 0.307 e. The highest BCUT2D eigenvalue weighted by molar-refractivity contribution is 5.70. The Kier molecular flexibility index (Phi) is 3.89. The Morgan fingerprint density at radius 2 is 2.29 bits per heavy atom. The van der Waals surface area contributed by atoms with Crippen molar-refractivity contribution in [2.75, 3.05) is 27.2 Å². The standard InChI is InChI=1S/C10H20N2O2/c1-12-6-4-3-5-10(11,8-12)7-9(13)14-2/h3-8,11H2,1-2H3. The first-order chi connectivity index (χ1) is 6.56. The number of hydrogen-bond donors (Lipinski definition) is 1. The number of esters is 1. The van der Waals surface area contributed by atoms with E-state index in [-0.39, 0.29) is 5.97 Å². The van der Waals surface area contributed by atoms with E-state index in [0.29, 0.717) is 6.42 Å². The summed E-state index contributed by atoms with van der Waals surface area (Å²) in [7, 11) is 3.45. The summed E-state index contributed by atoms with van der Waals surface area (Å²) in [6.45, 7) is 1.85.